The number of halogens is 4. The first kappa shape index (κ1) is 26.6. The van der Waals surface area contributed by atoms with Gasteiger partial charge < -0.3 is 9.84 Å². The van der Waals surface area contributed by atoms with E-state index in [4.69, 9.17) is 4.74 Å². The van der Waals surface area contributed by atoms with Crippen LogP contribution < -0.4 is 4.74 Å². The lowest BCUT2D eigenvalue weighted by Crippen LogP contribution is -2.44. The molecule has 1 aliphatic rings. The Bertz CT molecular complexity index is 1320. The molecule has 1 saturated heterocycles. The first-order chi connectivity index (χ1) is 17.7. The van der Waals surface area contributed by atoms with Crippen molar-refractivity contribution in [2.24, 2.45) is 5.41 Å². The molecule has 196 valence electrons. The minimum Gasteiger partial charge on any atom is -0.497 e. The zero-order chi connectivity index (χ0) is 26.6. The highest BCUT2D eigenvalue weighted by molar-refractivity contribution is 5.83. The summed E-state index contributed by atoms with van der Waals surface area (Å²) < 4.78 is 60.9. The summed E-state index contributed by atoms with van der Waals surface area (Å²) in [6.07, 6.45) is 5.96. The lowest BCUT2D eigenvalue weighted by atomic mass is 9.74. The first-order valence-electron chi connectivity index (χ1n) is 12.1. The van der Waals surface area contributed by atoms with Crippen molar-refractivity contribution in [1.29, 1.82) is 0 Å². The monoisotopic (exact) mass is 516 g/mol. The molecule has 2 heterocycles. The van der Waals surface area contributed by atoms with E-state index in [1.54, 1.807) is 24.3 Å². The molecule has 0 aliphatic carbocycles. The summed E-state index contributed by atoms with van der Waals surface area (Å²) in [6.45, 7) is 1.31. The fourth-order valence-electron chi connectivity index (χ4n) is 4.94. The number of carbonyl (C=O) groups is 1. The third-order valence-corrected chi connectivity index (χ3v) is 7.21. The van der Waals surface area contributed by atoms with Crippen LogP contribution in [0.1, 0.15) is 36.8 Å². The molecule has 0 bridgehead atoms. The fraction of sp³-hybridized carbons (Fsp3) is 0.357. The Morgan fingerprint density at radius 3 is 2.54 bits per heavy atom. The Morgan fingerprint density at radius 1 is 1.11 bits per heavy atom. The van der Waals surface area contributed by atoms with Gasteiger partial charge in [-0.05, 0) is 81.1 Å². The highest BCUT2D eigenvalue weighted by Crippen LogP contribution is 2.37. The highest BCUT2D eigenvalue weighted by atomic mass is 19.2. The second kappa shape index (κ2) is 11.3. The van der Waals surface area contributed by atoms with E-state index in [0.29, 0.717) is 74.0 Å². The number of likely N-dealkylation sites (tertiary alicyclic amines) is 1. The van der Waals surface area contributed by atoms with Gasteiger partial charge in [-0.1, -0.05) is 12.2 Å². The number of carboxylic acids is 1. The Morgan fingerprint density at radius 2 is 1.84 bits per heavy atom. The summed E-state index contributed by atoms with van der Waals surface area (Å²) in [6, 6.07) is 6.86. The predicted molar refractivity (Wildman–Crippen MR) is 132 cm³/mol. The molecule has 0 unspecified atom stereocenters. The van der Waals surface area contributed by atoms with E-state index in [-0.39, 0.29) is 0 Å². The van der Waals surface area contributed by atoms with Crippen molar-refractivity contribution in [2.45, 2.75) is 32.1 Å². The van der Waals surface area contributed by atoms with E-state index in [1.807, 2.05) is 4.90 Å². The third kappa shape index (κ3) is 5.77. The van der Waals surface area contributed by atoms with Crippen LogP contribution in [0.25, 0.3) is 17.0 Å². The predicted octanol–water partition coefficient (Wildman–Crippen LogP) is 6.00. The van der Waals surface area contributed by atoms with Gasteiger partial charge in [0.25, 0.3) is 0 Å². The largest absolute Gasteiger partial charge is 0.497 e. The molecule has 0 spiro atoms. The molecule has 1 aromatic heterocycles. The lowest BCUT2D eigenvalue weighted by Gasteiger charge is -2.38. The number of rotatable bonds is 9. The van der Waals surface area contributed by atoms with E-state index in [9.17, 15) is 27.5 Å². The first-order valence-corrected chi connectivity index (χ1v) is 12.1. The van der Waals surface area contributed by atoms with Crippen molar-refractivity contribution < 1.29 is 32.2 Å². The van der Waals surface area contributed by atoms with Gasteiger partial charge in [-0.25, -0.2) is 17.6 Å². The van der Waals surface area contributed by atoms with Crippen molar-refractivity contribution in [3.05, 3.63) is 77.0 Å². The minimum atomic E-state index is -1.24. The maximum atomic E-state index is 14.6. The summed E-state index contributed by atoms with van der Waals surface area (Å²) in [5, 5.41) is 10.7. The Balaban J connectivity index is 1.38. The maximum absolute atomic E-state index is 14.6. The Kier molecular flexibility index (Phi) is 8.12. The van der Waals surface area contributed by atoms with E-state index < -0.39 is 40.2 Å². The summed E-state index contributed by atoms with van der Waals surface area (Å²) >= 11 is 0. The van der Waals surface area contributed by atoms with Crippen LogP contribution in [0.2, 0.25) is 0 Å². The van der Waals surface area contributed by atoms with Gasteiger partial charge in [0.1, 0.15) is 17.4 Å². The molecule has 0 amide bonds. The molecule has 37 heavy (non-hydrogen) atoms. The second-order valence-corrected chi connectivity index (χ2v) is 9.37. The summed E-state index contributed by atoms with van der Waals surface area (Å²) in [5.74, 6) is -3.94. The molecule has 9 heteroatoms. The topological polar surface area (TPSA) is 62.7 Å². The van der Waals surface area contributed by atoms with Crippen LogP contribution in [0.4, 0.5) is 17.6 Å². The standard InChI is InChI=1S/C28H28F4N2O3/c1-37-18-6-9-25-21(16-18)19(24(31)17-33-25)4-2-10-28(27(35)36)11-14-34(15-12-28)13-3-5-20-22(29)7-8-23(30)26(20)32/h3,5-9,16-17H,2,4,10-15H2,1H3,(H,35,36). The number of hydrogen-bond donors (Lipinski definition) is 1. The SMILES string of the molecule is COc1ccc2ncc(F)c(CCCC3(C(=O)O)CCN(CC=Cc4c(F)ccc(F)c4F)CC3)c2c1. The molecule has 0 radical (unpaired) electrons. The highest BCUT2D eigenvalue weighted by Gasteiger charge is 2.40. The zero-order valence-corrected chi connectivity index (χ0v) is 20.4. The van der Waals surface area contributed by atoms with E-state index in [1.165, 1.54) is 19.4 Å². The summed E-state index contributed by atoms with van der Waals surface area (Å²) in [4.78, 5) is 18.4. The quantitative estimate of drug-likeness (QED) is 0.279. The van der Waals surface area contributed by atoms with Crippen LogP contribution in [0, 0.1) is 28.7 Å². The molecule has 0 saturated carbocycles. The van der Waals surface area contributed by atoms with Gasteiger partial charge in [-0.2, -0.15) is 0 Å². The molecule has 0 atom stereocenters. The summed E-state index contributed by atoms with van der Waals surface area (Å²) in [7, 11) is 1.53. The van der Waals surface area contributed by atoms with Gasteiger partial charge in [0.15, 0.2) is 11.6 Å². The zero-order valence-electron chi connectivity index (χ0n) is 20.4. The lowest BCUT2D eigenvalue weighted by molar-refractivity contribution is -0.152. The van der Waals surface area contributed by atoms with Crippen molar-refractivity contribution in [3.8, 4) is 5.75 Å². The molecule has 4 rings (SSSR count). The number of ether oxygens (including phenoxy) is 1. The van der Waals surface area contributed by atoms with Gasteiger partial charge in [0.05, 0.1) is 24.2 Å². The van der Waals surface area contributed by atoms with Crippen LogP contribution >= 0.6 is 0 Å². The molecular formula is C28H28F4N2O3. The number of aliphatic carboxylic acids is 1. The maximum Gasteiger partial charge on any atom is 0.309 e. The normalized spacial score (nSPS) is 15.9. The van der Waals surface area contributed by atoms with E-state index >= 15 is 0 Å². The average molecular weight is 517 g/mol. The smallest absolute Gasteiger partial charge is 0.309 e. The number of hydrogen-bond acceptors (Lipinski definition) is 4. The average Bonchev–Trinajstić information content (AvgIpc) is 2.90. The molecule has 5 nitrogen and oxygen atoms in total. The number of piperidine rings is 1. The number of fused-ring (bicyclic) bond motifs is 1. The van der Waals surface area contributed by atoms with Crippen molar-refractivity contribution in [1.82, 2.24) is 9.88 Å². The minimum absolute atomic E-state index is 0.348. The molecule has 1 aliphatic heterocycles. The molecule has 1 fully saturated rings. The number of nitrogens with zero attached hydrogens (tertiary/aromatic N) is 2. The Hall–Kier alpha value is -3.46. The third-order valence-electron chi connectivity index (χ3n) is 7.21. The molecule has 1 N–H and O–H groups in total. The van der Waals surface area contributed by atoms with E-state index in [0.717, 1.165) is 12.1 Å². The number of aromatic nitrogens is 1. The number of carboxylic acid groups (broad SMARTS) is 1. The van der Waals surface area contributed by atoms with Gasteiger partial charge in [0, 0.05) is 17.5 Å². The van der Waals surface area contributed by atoms with Gasteiger partial charge in [-0.3, -0.25) is 14.7 Å². The number of aryl methyl sites for hydroxylation is 1. The number of methoxy groups -OCH3 is 1. The molecule has 2 aromatic carbocycles. The molecular weight excluding hydrogens is 488 g/mol. The summed E-state index contributed by atoms with van der Waals surface area (Å²) in [5.41, 5.74) is -0.239. The van der Waals surface area contributed by atoms with Crippen LogP contribution in [0.15, 0.2) is 42.6 Å². The van der Waals surface area contributed by atoms with Gasteiger partial charge in [-0.15, -0.1) is 0 Å². The van der Waals surface area contributed by atoms with Gasteiger partial charge >= 0.3 is 5.97 Å². The van der Waals surface area contributed by atoms with Crippen LogP contribution in [-0.2, 0) is 11.2 Å². The Labute approximate surface area is 212 Å². The van der Waals surface area contributed by atoms with Crippen molar-refractivity contribution in [2.75, 3.05) is 26.7 Å². The molecule has 3 aromatic rings. The van der Waals surface area contributed by atoms with Crippen molar-refractivity contribution in [3.63, 3.8) is 0 Å². The second-order valence-electron chi connectivity index (χ2n) is 9.37. The van der Waals surface area contributed by atoms with Crippen LogP contribution in [0.5, 0.6) is 5.75 Å². The van der Waals surface area contributed by atoms with Crippen LogP contribution in [-0.4, -0.2) is 47.7 Å². The van der Waals surface area contributed by atoms with Crippen molar-refractivity contribution >= 4 is 22.9 Å². The van der Waals surface area contributed by atoms with Gasteiger partial charge in [0.2, 0.25) is 0 Å². The number of pyridine rings is 1. The fourth-order valence-corrected chi connectivity index (χ4v) is 4.94. The number of benzene rings is 2. The van der Waals surface area contributed by atoms with Crippen LogP contribution in [0.3, 0.4) is 0 Å². The van der Waals surface area contributed by atoms with E-state index in [2.05, 4.69) is 4.98 Å².